The summed E-state index contributed by atoms with van der Waals surface area (Å²) in [6, 6.07) is 1.21. The molecule has 90 valence electrons. The highest BCUT2D eigenvalue weighted by Crippen LogP contribution is 2.28. The van der Waals surface area contributed by atoms with E-state index in [2.05, 4.69) is 15.5 Å². The van der Waals surface area contributed by atoms with E-state index in [1.165, 1.54) is 12.8 Å². The minimum absolute atomic E-state index is 0.592. The smallest absolute Gasteiger partial charge is 0.318 e. The second-order valence-electron chi connectivity index (χ2n) is 3.99. The molecule has 1 aliphatic carbocycles. The molecule has 6 heteroatoms. The Morgan fingerprint density at radius 3 is 3.00 bits per heavy atom. The summed E-state index contributed by atoms with van der Waals surface area (Å²) in [7, 11) is 3.67. The minimum atomic E-state index is 0.592. The van der Waals surface area contributed by atoms with Crippen molar-refractivity contribution in [2.24, 2.45) is 0 Å². The summed E-state index contributed by atoms with van der Waals surface area (Å²) in [5.41, 5.74) is 0. The second kappa shape index (κ2) is 5.27. The molecule has 0 spiro atoms. The van der Waals surface area contributed by atoms with Crippen molar-refractivity contribution >= 4 is 6.01 Å². The van der Waals surface area contributed by atoms with Gasteiger partial charge in [-0.05, 0) is 12.8 Å². The quantitative estimate of drug-likeness (QED) is 0.679. The van der Waals surface area contributed by atoms with E-state index in [4.69, 9.17) is 9.15 Å². The Bertz CT molecular complexity index is 324. The van der Waals surface area contributed by atoms with Crippen LogP contribution in [0.2, 0.25) is 0 Å². The number of rotatable bonds is 7. The molecular weight excluding hydrogens is 208 g/mol. The number of aromatic nitrogens is 2. The van der Waals surface area contributed by atoms with E-state index in [1.807, 2.05) is 11.9 Å². The lowest BCUT2D eigenvalue weighted by Crippen LogP contribution is -2.19. The van der Waals surface area contributed by atoms with E-state index in [9.17, 15) is 0 Å². The fourth-order valence-corrected chi connectivity index (χ4v) is 1.45. The Morgan fingerprint density at radius 2 is 2.31 bits per heavy atom. The van der Waals surface area contributed by atoms with Crippen LogP contribution in [0.1, 0.15) is 18.7 Å². The van der Waals surface area contributed by atoms with Gasteiger partial charge in [-0.1, -0.05) is 5.10 Å². The Morgan fingerprint density at radius 1 is 1.50 bits per heavy atom. The van der Waals surface area contributed by atoms with Crippen LogP contribution in [0.15, 0.2) is 4.42 Å². The van der Waals surface area contributed by atoms with Gasteiger partial charge in [0.15, 0.2) is 0 Å². The van der Waals surface area contributed by atoms with Crippen molar-refractivity contribution in [3.63, 3.8) is 0 Å². The lowest BCUT2D eigenvalue weighted by atomic mass is 10.6. The summed E-state index contributed by atoms with van der Waals surface area (Å²) >= 11 is 0. The molecule has 1 aliphatic rings. The molecule has 0 aliphatic heterocycles. The standard InChI is InChI=1S/C10H18N4O2/c1-14(8-3-4-8)10-13-12-9(16-10)7-11-5-6-15-2/h8,11H,3-7H2,1-2H3. The molecule has 0 bridgehead atoms. The average Bonchev–Trinajstić information content (AvgIpc) is 3.03. The largest absolute Gasteiger partial charge is 0.407 e. The maximum Gasteiger partial charge on any atom is 0.318 e. The van der Waals surface area contributed by atoms with Crippen molar-refractivity contribution in [1.29, 1.82) is 0 Å². The molecule has 0 aromatic carbocycles. The SMILES string of the molecule is COCCNCc1nnc(N(C)C2CC2)o1. The number of anilines is 1. The normalized spacial score (nSPS) is 15.4. The summed E-state index contributed by atoms with van der Waals surface area (Å²) in [5.74, 6) is 0.624. The van der Waals surface area contributed by atoms with Crippen LogP contribution in [0.4, 0.5) is 6.01 Å². The molecule has 1 N–H and O–H groups in total. The van der Waals surface area contributed by atoms with Crippen molar-refractivity contribution in [2.45, 2.75) is 25.4 Å². The maximum absolute atomic E-state index is 5.53. The van der Waals surface area contributed by atoms with Crippen LogP contribution in [0, 0.1) is 0 Å². The Labute approximate surface area is 95.0 Å². The Balaban J connectivity index is 1.77. The first-order valence-electron chi connectivity index (χ1n) is 5.56. The van der Waals surface area contributed by atoms with Gasteiger partial charge in [0.2, 0.25) is 5.89 Å². The topological polar surface area (TPSA) is 63.4 Å². The van der Waals surface area contributed by atoms with Gasteiger partial charge in [0.1, 0.15) is 0 Å². The van der Waals surface area contributed by atoms with E-state index in [0.717, 1.165) is 6.54 Å². The van der Waals surface area contributed by atoms with Crippen molar-refractivity contribution in [1.82, 2.24) is 15.5 Å². The summed E-state index contributed by atoms with van der Waals surface area (Å²) in [6.07, 6.45) is 2.45. The number of nitrogens with zero attached hydrogens (tertiary/aromatic N) is 3. The first-order valence-corrected chi connectivity index (χ1v) is 5.56. The second-order valence-corrected chi connectivity index (χ2v) is 3.99. The van der Waals surface area contributed by atoms with Gasteiger partial charge in [0.25, 0.3) is 0 Å². The van der Waals surface area contributed by atoms with E-state index in [0.29, 0.717) is 31.1 Å². The van der Waals surface area contributed by atoms with E-state index >= 15 is 0 Å². The van der Waals surface area contributed by atoms with Crippen LogP contribution in [0.5, 0.6) is 0 Å². The summed E-state index contributed by atoms with van der Waals surface area (Å²) < 4.78 is 10.5. The van der Waals surface area contributed by atoms with Crippen LogP contribution in [0.25, 0.3) is 0 Å². The fourth-order valence-electron chi connectivity index (χ4n) is 1.45. The summed E-state index contributed by atoms with van der Waals surface area (Å²) in [6.45, 7) is 2.06. The zero-order valence-corrected chi connectivity index (χ0v) is 9.77. The van der Waals surface area contributed by atoms with Gasteiger partial charge in [-0.15, -0.1) is 5.10 Å². The molecule has 0 saturated heterocycles. The van der Waals surface area contributed by atoms with Gasteiger partial charge in [0, 0.05) is 26.7 Å². The lowest BCUT2D eigenvalue weighted by Gasteiger charge is -2.11. The van der Waals surface area contributed by atoms with Crippen molar-refractivity contribution < 1.29 is 9.15 Å². The highest BCUT2D eigenvalue weighted by Gasteiger charge is 2.29. The molecule has 0 amide bonds. The molecule has 1 aromatic heterocycles. The van der Waals surface area contributed by atoms with Crippen LogP contribution in [-0.4, -0.2) is 43.5 Å². The summed E-state index contributed by atoms with van der Waals surface area (Å²) in [4.78, 5) is 2.05. The number of hydrogen-bond acceptors (Lipinski definition) is 6. The van der Waals surface area contributed by atoms with Crippen molar-refractivity contribution in [3.05, 3.63) is 5.89 Å². The van der Waals surface area contributed by atoms with Crippen molar-refractivity contribution in [3.8, 4) is 0 Å². The van der Waals surface area contributed by atoms with Gasteiger partial charge in [0.05, 0.1) is 13.2 Å². The third-order valence-electron chi connectivity index (χ3n) is 2.61. The molecule has 0 atom stereocenters. The lowest BCUT2D eigenvalue weighted by molar-refractivity contribution is 0.198. The Hall–Kier alpha value is -1.14. The average molecular weight is 226 g/mol. The van der Waals surface area contributed by atoms with Crippen LogP contribution < -0.4 is 10.2 Å². The van der Waals surface area contributed by atoms with Gasteiger partial charge in [-0.2, -0.15) is 0 Å². The zero-order valence-electron chi connectivity index (χ0n) is 9.77. The molecule has 1 saturated carbocycles. The monoisotopic (exact) mass is 226 g/mol. The van der Waals surface area contributed by atoms with Gasteiger partial charge in [-0.25, -0.2) is 0 Å². The van der Waals surface area contributed by atoms with Gasteiger partial charge in [-0.3, -0.25) is 0 Å². The van der Waals surface area contributed by atoms with E-state index < -0.39 is 0 Å². The van der Waals surface area contributed by atoms with Crippen LogP contribution in [-0.2, 0) is 11.3 Å². The summed E-state index contributed by atoms with van der Waals surface area (Å²) in [5, 5.41) is 11.2. The predicted molar refractivity (Wildman–Crippen MR) is 59.3 cm³/mol. The third-order valence-corrected chi connectivity index (χ3v) is 2.61. The fraction of sp³-hybridized carbons (Fsp3) is 0.800. The molecular formula is C10H18N4O2. The molecule has 1 heterocycles. The molecule has 1 fully saturated rings. The number of nitrogens with one attached hydrogen (secondary N) is 1. The van der Waals surface area contributed by atoms with E-state index in [1.54, 1.807) is 7.11 Å². The Kier molecular flexibility index (Phi) is 3.74. The van der Waals surface area contributed by atoms with Crippen LogP contribution in [0.3, 0.4) is 0 Å². The van der Waals surface area contributed by atoms with Gasteiger partial charge < -0.3 is 19.4 Å². The van der Waals surface area contributed by atoms with Crippen molar-refractivity contribution in [2.75, 3.05) is 32.2 Å². The maximum atomic E-state index is 5.53. The molecule has 0 radical (unpaired) electrons. The molecule has 16 heavy (non-hydrogen) atoms. The van der Waals surface area contributed by atoms with Gasteiger partial charge >= 0.3 is 6.01 Å². The number of hydrogen-bond donors (Lipinski definition) is 1. The molecule has 0 unspecified atom stereocenters. The minimum Gasteiger partial charge on any atom is -0.407 e. The molecule has 1 aromatic rings. The third kappa shape index (κ3) is 2.93. The first kappa shape index (κ1) is 11.3. The van der Waals surface area contributed by atoms with Crippen LogP contribution >= 0.6 is 0 Å². The number of methoxy groups -OCH3 is 1. The highest BCUT2D eigenvalue weighted by molar-refractivity contribution is 5.27. The highest BCUT2D eigenvalue weighted by atomic mass is 16.5. The zero-order chi connectivity index (χ0) is 11.4. The predicted octanol–water partition coefficient (Wildman–Crippen LogP) is 0.404. The van der Waals surface area contributed by atoms with E-state index in [-0.39, 0.29) is 0 Å². The molecule has 2 rings (SSSR count). The first-order chi connectivity index (χ1) is 7.81. The molecule has 6 nitrogen and oxygen atoms in total. The number of ether oxygens (including phenoxy) is 1.